The van der Waals surface area contributed by atoms with Gasteiger partial charge in [-0.3, -0.25) is 9.09 Å². The highest BCUT2D eigenvalue weighted by molar-refractivity contribution is 7.46. The fraction of sp³-hybridized carbons (Fsp3) is 0.333. The van der Waals surface area contributed by atoms with Crippen molar-refractivity contribution < 1.29 is 53.1 Å². The van der Waals surface area contributed by atoms with E-state index >= 15 is 0 Å². The van der Waals surface area contributed by atoms with Gasteiger partial charge in [0.25, 0.3) is 0 Å². The first-order valence-electron chi connectivity index (χ1n) is 9.98. The van der Waals surface area contributed by atoms with Crippen molar-refractivity contribution >= 4 is 49.6 Å². The number of anilines is 2. The van der Waals surface area contributed by atoms with E-state index in [1.54, 1.807) is 0 Å². The van der Waals surface area contributed by atoms with Crippen LogP contribution in [0, 0.1) is 0 Å². The molecule has 0 aliphatic carbocycles. The number of hydrogen-bond donors (Lipinski definition) is 10. The van der Waals surface area contributed by atoms with Gasteiger partial charge in [0.2, 0.25) is 0 Å². The molecular weight excluding hydrogens is 558 g/mol. The number of phosphoric acid groups is 2. The normalized spacial score (nSPS) is 21.6. The summed E-state index contributed by atoms with van der Waals surface area (Å²) < 4.78 is 30.7. The molecule has 21 nitrogen and oxygen atoms in total. The summed E-state index contributed by atoms with van der Waals surface area (Å²) in [6.07, 6.45) is 0.435. The van der Waals surface area contributed by atoms with Crippen LogP contribution in [0.4, 0.5) is 11.6 Å². The SMILES string of the molecule is Nc1ncnc2c1ncn2[C@@H]1O[C@H](COP(=O)(O)O)[C@@H](O)[C@H]1O.Nc1ncnc2nc[nH]c12.O=P(O)(O)O. The van der Waals surface area contributed by atoms with Gasteiger partial charge >= 0.3 is 15.6 Å². The third kappa shape index (κ3) is 7.66. The monoisotopic (exact) mass is 580 g/mol. The lowest BCUT2D eigenvalue weighted by Crippen LogP contribution is -2.33. The third-order valence-corrected chi connectivity index (χ3v) is 5.14. The van der Waals surface area contributed by atoms with Gasteiger partial charge in [0.05, 0.1) is 19.3 Å². The maximum atomic E-state index is 10.7. The van der Waals surface area contributed by atoms with Gasteiger partial charge in [-0.15, -0.1) is 0 Å². The van der Waals surface area contributed by atoms with E-state index in [0.29, 0.717) is 22.5 Å². The molecule has 12 N–H and O–H groups in total. The first kappa shape index (κ1) is 29.4. The summed E-state index contributed by atoms with van der Waals surface area (Å²) in [5, 5.41) is 20.1. The molecule has 1 fully saturated rings. The largest absolute Gasteiger partial charge is 0.469 e. The summed E-state index contributed by atoms with van der Waals surface area (Å²) in [6, 6.07) is 0. The highest BCUT2D eigenvalue weighted by Crippen LogP contribution is 2.38. The van der Waals surface area contributed by atoms with Crippen molar-refractivity contribution in [3.8, 4) is 0 Å². The highest BCUT2D eigenvalue weighted by Gasteiger charge is 2.45. The molecule has 23 heteroatoms. The lowest BCUT2D eigenvalue weighted by Gasteiger charge is -2.16. The van der Waals surface area contributed by atoms with Crippen LogP contribution in [0.15, 0.2) is 25.3 Å². The average Bonchev–Trinajstić information content (AvgIpc) is 3.51. The Labute approximate surface area is 210 Å². The Balaban J connectivity index is 0.000000218. The number of ether oxygens (including phenoxy) is 1. The summed E-state index contributed by atoms with van der Waals surface area (Å²) in [4.78, 5) is 65.1. The number of nitrogens with zero attached hydrogens (tertiary/aromatic N) is 7. The Kier molecular flexibility index (Phi) is 9.02. The van der Waals surface area contributed by atoms with Gasteiger partial charge in [-0.2, -0.15) is 0 Å². The van der Waals surface area contributed by atoms with Crippen molar-refractivity contribution in [2.24, 2.45) is 0 Å². The number of aliphatic hydroxyl groups excluding tert-OH is 2. The number of imidazole rings is 2. The molecule has 1 aliphatic rings. The van der Waals surface area contributed by atoms with Gasteiger partial charge < -0.3 is 55.9 Å². The standard InChI is InChI=1S/C10H14N5O7P.C5H5N5.H3O4P/c11-8-5-9(13-2-12-8)15(3-14-5)10-7(17)6(16)4(22-10)1-21-23(18,19)20;6-4-3-5(9-1-7-3)10-2-8-4;1-5(2,3)4/h2-4,6-7,10,16-17H,1H2,(H2,11,12,13)(H2,18,19,20);1-2H,(H3,6,7,8,9,10);(H3,1,2,3,4)/t4-,6-,7-,10-;;/m1../s1. The van der Waals surface area contributed by atoms with Crippen molar-refractivity contribution in [2.75, 3.05) is 18.1 Å². The predicted molar refractivity (Wildman–Crippen MR) is 124 cm³/mol. The van der Waals surface area contributed by atoms with E-state index in [2.05, 4.69) is 39.4 Å². The van der Waals surface area contributed by atoms with Crippen molar-refractivity contribution in [3.63, 3.8) is 0 Å². The van der Waals surface area contributed by atoms with Gasteiger partial charge in [0, 0.05) is 0 Å². The number of aliphatic hydroxyl groups is 2. The second-order valence-electron chi connectivity index (χ2n) is 7.29. The van der Waals surface area contributed by atoms with Crippen LogP contribution >= 0.6 is 15.6 Å². The number of fused-ring (bicyclic) bond motifs is 2. The quantitative estimate of drug-likeness (QED) is 0.108. The number of nitrogens with one attached hydrogen (secondary N) is 1. The van der Waals surface area contributed by atoms with Gasteiger partial charge in [0.15, 0.2) is 29.2 Å². The molecule has 1 saturated heterocycles. The molecule has 5 heterocycles. The van der Waals surface area contributed by atoms with Crippen LogP contribution in [-0.4, -0.2) is 99.1 Å². The summed E-state index contributed by atoms with van der Waals surface area (Å²) >= 11 is 0. The number of H-pyrrole nitrogens is 1. The van der Waals surface area contributed by atoms with Gasteiger partial charge in [-0.05, 0) is 0 Å². The number of hydrogen-bond acceptors (Lipinski definition) is 14. The lowest BCUT2D eigenvalue weighted by atomic mass is 10.1. The molecule has 4 atom stereocenters. The maximum absolute atomic E-state index is 10.7. The molecule has 208 valence electrons. The zero-order chi connectivity index (χ0) is 28.3. The number of nitrogens with two attached hydrogens (primary N) is 2. The minimum atomic E-state index is -4.72. The Morgan fingerprint density at radius 3 is 2.21 bits per heavy atom. The van der Waals surface area contributed by atoms with Crippen LogP contribution in [0.1, 0.15) is 6.23 Å². The average molecular weight is 580 g/mol. The van der Waals surface area contributed by atoms with E-state index in [1.807, 2.05) is 0 Å². The Bertz CT molecular complexity index is 1460. The molecule has 0 saturated carbocycles. The maximum Gasteiger partial charge on any atom is 0.469 e. The number of phosphoric ester groups is 1. The zero-order valence-corrected chi connectivity index (χ0v) is 20.6. The molecule has 0 aromatic carbocycles. The molecule has 4 aromatic rings. The number of aromatic amines is 1. The predicted octanol–water partition coefficient (Wildman–Crippen LogP) is -2.86. The van der Waals surface area contributed by atoms with Crippen molar-refractivity contribution in [2.45, 2.75) is 24.5 Å². The molecule has 0 unspecified atom stereocenters. The summed E-state index contributed by atoms with van der Waals surface area (Å²) in [7, 11) is -9.36. The Hall–Kier alpha value is -3.20. The Morgan fingerprint density at radius 1 is 0.947 bits per heavy atom. The molecule has 38 heavy (non-hydrogen) atoms. The molecule has 0 spiro atoms. The first-order chi connectivity index (χ1) is 17.7. The fourth-order valence-electron chi connectivity index (χ4n) is 3.11. The van der Waals surface area contributed by atoms with Crippen molar-refractivity contribution in [1.82, 2.24) is 39.5 Å². The summed E-state index contributed by atoms with van der Waals surface area (Å²) in [6.45, 7) is -0.594. The van der Waals surface area contributed by atoms with Crippen LogP contribution in [0.5, 0.6) is 0 Å². The zero-order valence-electron chi connectivity index (χ0n) is 18.8. The highest BCUT2D eigenvalue weighted by atomic mass is 31.2. The van der Waals surface area contributed by atoms with E-state index < -0.39 is 46.8 Å². The van der Waals surface area contributed by atoms with Crippen molar-refractivity contribution in [1.29, 1.82) is 0 Å². The van der Waals surface area contributed by atoms with Crippen LogP contribution < -0.4 is 11.5 Å². The van der Waals surface area contributed by atoms with Gasteiger partial charge in [-0.25, -0.2) is 39.0 Å². The summed E-state index contributed by atoms with van der Waals surface area (Å²) in [5.74, 6) is 0.575. The van der Waals surface area contributed by atoms with E-state index in [4.69, 9.17) is 45.2 Å². The van der Waals surface area contributed by atoms with Gasteiger partial charge in [-0.1, -0.05) is 0 Å². The molecule has 0 amide bonds. The van der Waals surface area contributed by atoms with Crippen LogP contribution in [-0.2, 0) is 18.4 Å². The van der Waals surface area contributed by atoms with Crippen LogP contribution in [0.2, 0.25) is 0 Å². The number of nitrogen functional groups attached to an aromatic ring is 2. The minimum Gasteiger partial charge on any atom is -0.387 e. The summed E-state index contributed by atoms with van der Waals surface area (Å²) in [5.41, 5.74) is 13.0. The topological polar surface area (TPSA) is 344 Å². The van der Waals surface area contributed by atoms with Crippen LogP contribution in [0.25, 0.3) is 22.3 Å². The smallest absolute Gasteiger partial charge is 0.387 e. The van der Waals surface area contributed by atoms with Gasteiger partial charge in [0.1, 0.15) is 42.0 Å². The Morgan fingerprint density at radius 2 is 1.58 bits per heavy atom. The number of rotatable bonds is 4. The second-order valence-corrected chi connectivity index (χ2v) is 9.55. The van der Waals surface area contributed by atoms with E-state index in [-0.39, 0.29) is 11.5 Å². The minimum absolute atomic E-state index is 0.142. The van der Waals surface area contributed by atoms with Crippen LogP contribution in [0.3, 0.4) is 0 Å². The second kappa shape index (κ2) is 11.7. The van der Waals surface area contributed by atoms with E-state index in [0.717, 1.165) is 0 Å². The number of aromatic nitrogens is 8. The third-order valence-electron chi connectivity index (χ3n) is 4.66. The molecule has 0 radical (unpaired) electrons. The molecule has 4 aromatic heterocycles. The molecular formula is C15H22N10O11P2. The van der Waals surface area contributed by atoms with E-state index in [9.17, 15) is 14.8 Å². The molecule has 1 aliphatic heterocycles. The fourth-order valence-corrected chi connectivity index (χ4v) is 3.45. The molecule has 5 rings (SSSR count). The molecule has 0 bridgehead atoms. The first-order valence-corrected chi connectivity index (χ1v) is 13.1. The lowest BCUT2D eigenvalue weighted by molar-refractivity contribution is -0.0504. The van der Waals surface area contributed by atoms with E-state index in [1.165, 1.54) is 29.9 Å². The van der Waals surface area contributed by atoms with Crippen molar-refractivity contribution in [3.05, 3.63) is 25.3 Å².